The van der Waals surface area contributed by atoms with Crippen molar-refractivity contribution in [1.82, 2.24) is 15.0 Å². The Hall–Kier alpha value is -2.18. The summed E-state index contributed by atoms with van der Waals surface area (Å²) in [5.41, 5.74) is 0. The number of amides is 4. The molecule has 2 heterocycles. The first kappa shape index (κ1) is 19.1. The summed E-state index contributed by atoms with van der Waals surface area (Å²) < 4.78 is 26.6. The summed E-state index contributed by atoms with van der Waals surface area (Å²) in [6.07, 6.45) is 0. The van der Waals surface area contributed by atoms with Crippen molar-refractivity contribution in [2.45, 2.75) is 11.8 Å². The number of sulfonamides is 1. The number of halogens is 1. The fourth-order valence-electron chi connectivity index (χ4n) is 1.69. The summed E-state index contributed by atoms with van der Waals surface area (Å²) in [6, 6.07) is 2.97. The van der Waals surface area contributed by atoms with Crippen LogP contribution in [-0.2, 0) is 10.0 Å². The Kier molecular flexibility index (Phi) is 5.98. The zero-order valence-electron chi connectivity index (χ0n) is 13.1. The van der Waals surface area contributed by atoms with Crippen LogP contribution in [0.5, 0.6) is 0 Å². The van der Waals surface area contributed by atoms with Crippen LogP contribution in [0.15, 0.2) is 32.9 Å². The number of pyridine rings is 1. The molecule has 2 aromatic rings. The summed E-state index contributed by atoms with van der Waals surface area (Å²) in [4.78, 5) is 28.1. The van der Waals surface area contributed by atoms with Crippen molar-refractivity contribution >= 4 is 61.0 Å². The molecular formula is C13H14BrN5O4S2. The van der Waals surface area contributed by atoms with E-state index in [-0.39, 0.29) is 16.5 Å². The number of urea groups is 2. The number of carbonyl (C=O) groups excluding carboxylic acids is 2. The van der Waals surface area contributed by atoms with Crippen LogP contribution in [0.2, 0.25) is 0 Å². The second-order valence-electron chi connectivity index (χ2n) is 4.71. The second-order valence-corrected chi connectivity index (χ2v) is 8.43. The third kappa shape index (κ3) is 5.41. The average Bonchev–Trinajstić information content (AvgIpc) is 2.93. The van der Waals surface area contributed by atoms with E-state index in [9.17, 15) is 18.0 Å². The molecular weight excluding hydrogens is 434 g/mol. The zero-order chi connectivity index (χ0) is 18.6. The number of nitrogens with zero attached hydrogens (tertiary/aromatic N) is 1. The second kappa shape index (κ2) is 7.80. The SMILES string of the molecule is CNC(=O)Nc1cc(Br)cc(NC(=O)NS(=O)(=O)c2csc(C)c2)n1. The third-order valence-corrected chi connectivity index (χ3v) is 5.52. The van der Waals surface area contributed by atoms with Crippen molar-refractivity contribution in [2.75, 3.05) is 17.7 Å². The fraction of sp³-hybridized carbons (Fsp3) is 0.154. The number of nitrogens with one attached hydrogen (secondary N) is 4. The molecule has 0 aliphatic heterocycles. The lowest BCUT2D eigenvalue weighted by Crippen LogP contribution is -2.34. The van der Waals surface area contributed by atoms with Gasteiger partial charge in [0.15, 0.2) is 0 Å². The van der Waals surface area contributed by atoms with E-state index in [1.165, 1.54) is 42.0 Å². The van der Waals surface area contributed by atoms with Crippen molar-refractivity contribution in [2.24, 2.45) is 0 Å². The standard InChI is InChI=1S/C13H14BrN5O4S2/c1-7-3-9(6-24-7)25(22,23)19-13(21)18-11-5-8(14)4-10(16-11)17-12(20)15-2/h3-6H,1-2H3,(H4,15,16,17,18,19,20,21). The molecule has 2 rings (SSSR count). The molecule has 9 nitrogen and oxygen atoms in total. The van der Waals surface area contributed by atoms with Crippen LogP contribution in [0.1, 0.15) is 4.88 Å². The highest BCUT2D eigenvalue weighted by Crippen LogP contribution is 2.20. The van der Waals surface area contributed by atoms with Gasteiger partial charge in [-0.1, -0.05) is 15.9 Å². The minimum Gasteiger partial charge on any atom is -0.341 e. The molecule has 4 amide bonds. The number of hydrogen-bond acceptors (Lipinski definition) is 6. The number of anilines is 2. The Morgan fingerprint density at radius 1 is 1.12 bits per heavy atom. The Morgan fingerprint density at radius 2 is 1.72 bits per heavy atom. The Labute approximate surface area is 156 Å². The first-order chi connectivity index (χ1) is 11.7. The van der Waals surface area contributed by atoms with E-state index in [1.807, 2.05) is 4.72 Å². The number of aryl methyl sites for hydroxylation is 1. The fourth-order valence-corrected chi connectivity index (χ4v) is 4.16. The van der Waals surface area contributed by atoms with Gasteiger partial charge in [0.2, 0.25) is 0 Å². The molecule has 0 unspecified atom stereocenters. The topological polar surface area (TPSA) is 129 Å². The number of hydrogen-bond donors (Lipinski definition) is 4. The maximum Gasteiger partial charge on any atom is 0.334 e. The van der Waals surface area contributed by atoms with Crippen LogP contribution in [0, 0.1) is 6.92 Å². The average molecular weight is 448 g/mol. The number of thiophene rings is 1. The van der Waals surface area contributed by atoms with Crippen molar-refractivity contribution in [3.05, 3.63) is 32.9 Å². The molecule has 0 bridgehead atoms. The van der Waals surface area contributed by atoms with Crippen molar-refractivity contribution in [1.29, 1.82) is 0 Å². The first-order valence-corrected chi connectivity index (χ1v) is 9.90. The molecule has 0 atom stereocenters. The van der Waals surface area contributed by atoms with E-state index in [0.29, 0.717) is 4.47 Å². The molecule has 134 valence electrons. The summed E-state index contributed by atoms with van der Waals surface area (Å²) in [5, 5.41) is 8.55. The summed E-state index contributed by atoms with van der Waals surface area (Å²) in [7, 11) is -2.53. The van der Waals surface area contributed by atoms with E-state index in [2.05, 4.69) is 36.9 Å². The van der Waals surface area contributed by atoms with Crippen LogP contribution >= 0.6 is 27.3 Å². The predicted molar refractivity (Wildman–Crippen MR) is 98.4 cm³/mol. The number of rotatable bonds is 4. The van der Waals surface area contributed by atoms with Gasteiger partial charge in [-0.25, -0.2) is 27.7 Å². The van der Waals surface area contributed by atoms with Gasteiger partial charge in [-0.05, 0) is 25.1 Å². The van der Waals surface area contributed by atoms with Crippen molar-refractivity contribution < 1.29 is 18.0 Å². The monoisotopic (exact) mass is 447 g/mol. The summed E-state index contributed by atoms with van der Waals surface area (Å²) >= 11 is 4.47. The molecule has 25 heavy (non-hydrogen) atoms. The van der Waals surface area contributed by atoms with E-state index in [0.717, 1.165) is 4.88 Å². The van der Waals surface area contributed by atoms with E-state index < -0.39 is 22.1 Å². The largest absolute Gasteiger partial charge is 0.341 e. The molecule has 2 aromatic heterocycles. The van der Waals surface area contributed by atoms with Gasteiger partial charge < -0.3 is 5.32 Å². The molecule has 0 spiro atoms. The molecule has 0 aromatic carbocycles. The maximum absolute atomic E-state index is 12.1. The number of aromatic nitrogens is 1. The Balaban J connectivity index is 2.11. The smallest absolute Gasteiger partial charge is 0.334 e. The van der Waals surface area contributed by atoms with Gasteiger partial charge in [-0.2, -0.15) is 0 Å². The van der Waals surface area contributed by atoms with Gasteiger partial charge in [-0.15, -0.1) is 11.3 Å². The van der Waals surface area contributed by atoms with Gasteiger partial charge in [-0.3, -0.25) is 10.6 Å². The Bertz CT molecular complexity index is 913. The molecule has 12 heteroatoms. The van der Waals surface area contributed by atoms with Gasteiger partial charge in [0.1, 0.15) is 11.6 Å². The molecule has 0 radical (unpaired) electrons. The van der Waals surface area contributed by atoms with Crippen molar-refractivity contribution in [3.63, 3.8) is 0 Å². The lowest BCUT2D eigenvalue weighted by Gasteiger charge is -2.09. The van der Waals surface area contributed by atoms with Gasteiger partial charge in [0.25, 0.3) is 10.0 Å². The van der Waals surface area contributed by atoms with Crippen LogP contribution < -0.4 is 20.7 Å². The summed E-state index contributed by atoms with van der Waals surface area (Å²) in [6.45, 7) is 1.76. The molecule has 0 saturated carbocycles. The van der Waals surface area contributed by atoms with Gasteiger partial charge >= 0.3 is 12.1 Å². The van der Waals surface area contributed by atoms with Gasteiger partial charge in [0.05, 0.1) is 4.90 Å². The Morgan fingerprint density at radius 3 is 2.24 bits per heavy atom. The predicted octanol–water partition coefficient (Wildman–Crippen LogP) is 2.48. The van der Waals surface area contributed by atoms with Gasteiger partial charge in [0, 0.05) is 21.8 Å². The molecule has 0 aliphatic carbocycles. The lowest BCUT2D eigenvalue weighted by molar-refractivity contribution is 0.253. The zero-order valence-corrected chi connectivity index (χ0v) is 16.3. The number of carbonyl (C=O) groups is 2. The van der Waals surface area contributed by atoms with Crippen LogP contribution in [0.25, 0.3) is 0 Å². The minimum absolute atomic E-state index is 0.00863. The van der Waals surface area contributed by atoms with E-state index in [1.54, 1.807) is 6.92 Å². The van der Waals surface area contributed by atoms with E-state index in [4.69, 9.17) is 0 Å². The highest BCUT2D eigenvalue weighted by Gasteiger charge is 2.19. The van der Waals surface area contributed by atoms with E-state index >= 15 is 0 Å². The molecule has 0 aliphatic rings. The maximum atomic E-state index is 12.1. The normalized spacial score (nSPS) is 10.8. The third-order valence-electron chi connectivity index (χ3n) is 2.74. The molecule has 0 fully saturated rings. The lowest BCUT2D eigenvalue weighted by atomic mass is 10.4. The van der Waals surface area contributed by atoms with Crippen LogP contribution in [0.3, 0.4) is 0 Å². The summed E-state index contributed by atoms with van der Waals surface area (Å²) in [5.74, 6) is 0.218. The van der Waals surface area contributed by atoms with Crippen molar-refractivity contribution in [3.8, 4) is 0 Å². The molecule has 4 N–H and O–H groups in total. The van der Waals surface area contributed by atoms with Crippen LogP contribution in [-0.4, -0.2) is 32.5 Å². The first-order valence-electron chi connectivity index (χ1n) is 6.75. The highest BCUT2D eigenvalue weighted by atomic mass is 79.9. The van der Waals surface area contributed by atoms with Crippen LogP contribution in [0.4, 0.5) is 21.2 Å². The minimum atomic E-state index is -3.97. The molecule has 0 saturated heterocycles. The quantitative estimate of drug-likeness (QED) is 0.571. The highest BCUT2D eigenvalue weighted by molar-refractivity contribution is 9.10.